The molecule has 1 heterocycles. The normalized spacial score (nSPS) is 10.8. The molecule has 3 rings (SSSR count). The predicted molar refractivity (Wildman–Crippen MR) is 107 cm³/mol. The van der Waals surface area contributed by atoms with E-state index in [9.17, 15) is 4.79 Å². The van der Waals surface area contributed by atoms with Gasteiger partial charge in [0.2, 0.25) is 5.43 Å². The van der Waals surface area contributed by atoms with Crippen LogP contribution in [0.3, 0.4) is 0 Å². The summed E-state index contributed by atoms with van der Waals surface area (Å²) in [6.45, 7) is 6.14. The van der Waals surface area contributed by atoms with Crippen LogP contribution >= 0.6 is 11.6 Å². The quantitative estimate of drug-likeness (QED) is 0.370. The van der Waals surface area contributed by atoms with Crippen LogP contribution in [0, 0.1) is 6.92 Å². The molecule has 4 heteroatoms. The molecule has 0 atom stereocenters. The van der Waals surface area contributed by atoms with Crippen molar-refractivity contribution in [2.45, 2.75) is 26.2 Å². The lowest BCUT2D eigenvalue weighted by atomic mass is 10.0. The summed E-state index contributed by atoms with van der Waals surface area (Å²) >= 11 is 5.94. The molecule has 0 radical (unpaired) electrons. The number of hydrogen-bond acceptors (Lipinski definition) is 3. The summed E-state index contributed by atoms with van der Waals surface area (Å²) < 4.78 is 11.7. The number of unbranched alkanes of at least 4 members (excludes halogenated alkanes) is 2. The molecule has 2 aromatic carbocycles. The summed E-state index contributed by atoms with van der Waals surface area (Å²) in [7, 11) is 0. The highest BCUT2D eigenvalue weighted by atomic mass is 35.5. The van der Waals surface area contributed by atoms with Gasteiger partial charge >= 0.3 is 0 Å². The van der Waals surface area contributed by atoms with Crippen molar-refractivity contribution in [1.29, 1.82) is 0 Å². The molecular formula is C22H21ClO3. The van der Waals surface area contributed by atoms with Gasteiger partial charge in [-0.05, 0) is 56.0 Å². The second kappa shape index (κ2) is 8.24. The molecule has 0 saturated heterocycles. The molecule has 0 amide bonds. The average Bonchev–Trinajstić information content (AvgIpc) is 2.63. The molecule has 0 N–H and O–H groups in total. The van der Waals surface area contributed by atoms with Gasteiger partial charge in [0.05, 0.1) is 17.6 Å². The SMILES string of the molecule is C=CCCCCOc1ccc2c(=O)c(-c3ccc(Cl)cc3)c(C)oc2c1. The lowest BCUT2D eigenvalue weighted by Crippen LogP contribution is -2.07. The van der Waals surface area contributed by atoms with Crippen LogP contribution in [0.15, 0.2) is 64.3 Å². The van der Waals surface area contributed by atoms with Crippen LogP contribution in [0.5, 0.6) is 5.75 Å². The third kappa shape index (κ3) is 4.00. The zero-order chi connectivity index (χ0) is 18.5. The van der Waals surface area contributed by atoms with E-state index in [-0.39, 0.29) is 5.43 Å². The third-order valence-corrected chi connectivity index (χ3v) is 4.50. The van der Waals surface area contributed by atoms with E-state index in [0.717, 1.165) is 24.8 Å². The molecule has 0 fully saturated rings. The number of hydrogen-bond donors (Lipinski definition) is 0. The van der Waals surface area contributed by atoms with Gasteiger partial charge in [-0.1, -0.05) is 29.8 Å². The van der Waals surface area contributed by atoms with E-state index in [2.05, 4.69) is 6.58 Å². The van der Waals surface area contributed by atoms with Crippen LogP contribution in [0.25, 0.3) is 22.1 Å². The molecule has 134 valence electrons. The van der Waals surface area contributed by atoms with Crippen LogP contribution in [0.2, 0.25) is 5.02 Å². The van der Waals surface area contributed by atoms with E-state index in [1.165, 1.54) is 0 Å². The van der Waals surface area contributed by atoms with Gasteiger partial charge in [0.15, 0.2) is 0 Å². The second-order valence-corrected chi connectivity index (χ2v) is 6.60. The summed E-state index contributed by atoms with van der Waals surface area (Å²) in [4.78, 5) is 12.9. The summed E-state index contributed by atoms with van der Waals surface area (Å²) in [5.74, 6) is 1.28. The Morgan fingerprint density at radius 1 is 1.15 bits per heavy atom. The number of halogens is 1. The number of ether oxygens (including phenoxy) is 1. The van der Waals surface area contributed by atoms with Gasteiger partial charge in [-0.15, -0.1) is 6.58 Å². The van der Waals surface area contributed by atoms with Crippen LogP contribution in [-0.4, -0.2) is 6.61 Å². The monoisotopic (exact) mass is 368 g/mol. The Morgan fingerprint density at radius 2 is 1.92 bits per heavy atom. The van der Waals surface area contributed by atoms with Gasteiger partial charge in [0, 0.05) is 11.1 Å². The zero-order valence-electron chi connectivity index (χ0n) is 14.8. The van der Waals surface area contributed by atoms with Gasteiger partial charge in [0.1, 0.15) is 17.1 Å². The first-order chi connectivity index (χ1) is 12.6. The Balaban J connectivity index is 1.90. The van der Waals surface area contributed by atoms with Gasteiger partial charge in [-0.2, -0.15) is 0 Å². The largest absolute Gasteiger partial charge is 0.493 e. The molecule has 0 aliphatic heterocycles. The smallest absolute Gasteiger partial charge is 0.200 e. The number of aryl methyl sites for hydroxylation is 1. The molecule has 26 heavy (non-hydrogen) atoms. The van der Waals surface area contributed by atoms with E-state index in [0.29, 0.717) is 39.7 Å². The van der Waals surface area contributed by atoms with E-state index in [4.69, 9.17) is 20.8 Å². The van der Waals surface area contributed by atoms with Crippen molar-refractivity contribution in [2.75, 3.05) is 6.61 Å². The first-order valence-corrected chi connectivity index (χ1v) is 9.05. The predicted octanol–water partition coefficient (Wildman–Crippen LogP) is 6.16. The number of rotatable bonds is 7. The number of allylic oxidation sites excluding steroid dienone is 1. The van der Waals surface area contributed by atoms with Crippen molar-refractivity contribution < 1.29 is 9.15 Å². The van der Waals surface area contributed by atoms with Crippen LogP contribution < -0.4 is 10.2 Å². The average molecular weight is 369 g/mol. The number of fused-ring (bicyclic) bond motifs is 1. The second-order valence-electron chi connectivity index (χ2n) is 6.16. The Morgan fingerprint density at radius 3 is 2.65 bits per heavy atom. The standard InChI is InChI=1S/C22H21ClO3/c1-3-4-5-6-13-25-18-11-12-19-20(14-18)26-15(2)21(22(19)24)16-7-9-17(23)10-8-16/h3,7-12,14H,1,4-6,13H2,2H3. The third-order valence-electron chi connectivity index (χ3n) is 4.24. The Hall–Kier alpha value is -2.52. The van der Waals surface area contributed by atoms with Crippen molar-refractivity contribution in [3.8, 4) is 16.9 Å². The fourth-order valence-corrected chi connectivity index (χ4v) is 3.03. The van der Waals surface area contributed by atoms with Gasteiger partial charge in [0.25, 0.3) is 0 Å². The van der Waals surface area contributed by atoms with E-state index < -0.39 is 0 Å². The Bertz CT molecular complexity index is 971. The van der Waals surface area contributed by atoms with Crippen molar-refractivity contribution in [2.24, 2.45) is 0 Å². The van der Waals surface area contributed by atoms with Crippen molar-refractivity contribution >= 4 is 22.6 Å². The highest BCUT2D eigenvalue weighted by molar-refractivity contribution is 6.30. The van der Waals surface area contributed by atoms with E-state index in [1.807, 2.05) is 24.3 Å². The molecule has 0 bridgehead atoms. The molecule has 0 unspecified atom stereocenters. The van der Waals surface area contributed by atoms with Crippen molar-refractivity contribution in [1.82, 2.24) is 0 Å². The van der Waals surface area contributed by atoms with Gasteiger partial charge in [-0.3, -0.25) is 4.79 Å². The lowest BCUT2D eigenvalue weighted by molar-refractivity contribution is 0.307. The summed E-state index contributed by atoms with van der Waals surface area (Å²) in [6, 6.07) is 12.5. The lowest BCUT2D eigenvalue weighted by Gasteiger charge is -2.09. The zero-order valence-corrected chi connectivity index (χ0v) is 15.5. The molecule has 1 aromatic heterocycles. The molecule has 3 aromatic rings. The molecular weight excluding hydrogens is 348 g/mol. The summed E-state index contributed by atoms with van der Waals surface area (Å²) in [6.07, 6.45) is 4.91. The van der Waals surface area contributed by atoms with Crippen LogP contribution in [0.4, 0.5) is 0 Å². The van der Waals surface area contributed by atoms with Crippen molar-refractivity contribution in [3.63, 3.8) is 0 Å². The molecule has 0 spiro atoms. The molecule has 0 saturated carbocycles. The van der Waals surface area contributed by atoms with E-state index in [1.54, 1.807) is 31.2 Å². The molecule has 0 aliphatic carbocycles. The van der Waals surface area contributed by atoms with Crippen LogP contribution in [-0.2, 0) is 0 Å². The minimum absolute atomic E-state index is 0.0522. The Labute approximate surface area is 157 Å². The number of benzene rings is 2. The minimum Gasteiger partial charge on any atom is -0.493 e. The molecule has 3 nitrogen and oxygen atoms in total. The first kappa shape index (κ1) is 18.3. The highest BCUT2D eigenvalue weighted by Gasteiger charge is 2.14. The Kier molecular flexibility index (Phi) is 5.79. The molecule has 0 aliphatic rings. The van der Waals surface area contributed by atoms with E-state index >= 15 is 0 Å². The minimum atomic E-state index is -0.0522. The fraction of sp³-hybridized carbons (Fsp3) is 0.227. The van der Waals surface area contributed by atoms with Crippen LogP contribution in [0.1, 0.15) is 25.0 Å². The maximum atomic E-state index is 12.9. The maximum Gasteiger partial charge on any atom is 0.200 e. The van der Waals surface area contributed by atoms with Gasteiger partial charge < -0.3 is 9.15 Å². The fourth-order valence-electron chi connectivity index (χ4n) is 2.91. The maximum absolute atomic E-state index is 12.9. The highest BCUT2D eigenvalue weighted by Crippen LogP contribution is 2.27. The topological polar surface area (TPSA) is 39.4 Å². The van der Waals surface area contributed by atoms with Gasteiger partial charge in [-0.25, -0.2) is 0 Å². The first-order valence-electron chi connectivity index (χ1n) is 8.67. The summed E-state index contributed by atoms with van der Waals surface area (Å²) in [5.41, 5.74) is 1.84. The van der Waals surface area contributed by atoms with Crippen molar-refractivity contribution in [3.05, 3.63) is 76.1 Å². The summed E-state index contributed by atoms with van der Waals surface area (Å²) in [5, 5.41) is 1.17.